The maximum atomic E-state index is 10.8. The van der Waals surface area contributed by atoms with Gasteiger partial charge in [0.2, 0.25) is 0 Å². The van der Waals surface area contributed by atoms with E-state index in [1.165, 1.54) is 32.1 Å². The Balaban J connectivity index is 1.77. The molecule has 3 atom stereocenters. The molecule has 0 aromatic rings. The van der Waals surface area contributed by atoms with E-state index < -0.39 is 5.97 Å². The summed E-state index contributed by atoms with van der Waals surface area (Å²) in [6.07, 6.45) is 6.76. The monoisotopic (exact) mass is 269 g/mol. The molecule has 0 radical (unpaired) electrons. The van der Waals surface area contributed by atoms with Crippen molar-refractivity contribution in [3.05, 3.63) is 0 Å². The molecule has 0 spiro atoms. The number of aliphatic carboxylic acids is 1. The molecule has 110 valence electrons. The van der Waals surface area contributed by atoms with Crippen LogP contribution in [-0.2, 0) is 9.53 Å². The van der Waals surface area contributed by atoms with Gasteiger partial charge < -0.3 is 14.7 Å². The van der Waals surface area contributed by atoms with Gasteiger partial charge in [-0.05, 0) is 50.5 Å². The van der Waals surface area contributed by atoms with Crippen LogP contribution < -0.4 is 0 Å². The predicted octanol–water partition coefficient (Wildman–Crippen LogP) is 2.38. The molecule has 2 fully saturated rings. The zero-order valence-electron chi connectivity index (χ0n) is 12.0. The lowest BCUT2D eigenvalue weighted by Crippen LogP contribution is -2.43. The van der Waals surface area contributed by atoms with Crippen LogP contribution >= 0.6 is 0 Å². The fourth-order valence-electron chi connectivity index (χ4n) is 3.40. The molecule has 3 unspecified atom stereocenters. The van der Waals surface area contributed by atoms with Gasteiger partial charge in [-0.1, -0.05) is 6.92 Å². The highest BCUT2D eigenvalue weighted by Gasteiger charge is 2.27. The van der Waals surface area contributed by atoms with Crippen molar-refractivity contribution in [3.63, 3.8) is 0 Å². The van der Waals surface area contributed by atoms with E-state index in [1.54, 1.807) is 0 Å². The van der Waals surface area contributed by atoms with E-state index in [-0.39, 0.29) is 5.92 Å². The van der Waals surface area contributed by atoms with E-state index in [1.807, 2.05) is 0 Å². The summed E-state index contributed by atoms with van der Waals surface area (Å²) in [5.74, 6) is 0.154. The quantitative estimate of drug-likeness (QED) is 0.832. The van der Waals surface area contributed by atoms with Gasteiger partial charge in [-0.25, -0.2) is 0 Å². The largest absolute Gasteiger partial charge is 0.481 e. The molecule has 4 nitrogen and oxygen atoms in total. The number of likely N-dealkylation sites (tertiary alicyclic amines) is 1. The molecule has 0 aromatic carbocycles. The Morgan fingerprint density at radius 2 is 2.21 bits per heavy atom. The topological polar surface area (TPSA) is 49.8 Å². The van der Waals surface area contributed by atoms with Crippen molar-refractivity contribution in [2.24, 2.45) is 11.8 Å². The number of ether oxygens (including phenoxy) is 1. The Kier molecular flexibility index (Phi) is 5.64. The van der Waals surface area contributed by atoms with Crippen LogP contribution in [0.15, 0.2) is 0 Å². The smallest absolute Gasteiger partial charge is 0.303 e. The molecule has 19 heavy (non-hydrogen) atoms. The molecular weight excluding hydrogens is 242 g/mol. The standard InChI is InChI=1S/C15H27NO3/c1-12(9-15(17)18)13-5-4-7-16(10-13)11-14-6-2-3-8-19-14/h12-14H,2-11H2,1H3,(H,17,18). The van der Waals surface area contributed by atoms with E-state index in [0.717, 1.165) is 26.2 Å². The number of rotatable bonds is 5. The number of carboxylic acid groups (broad SMARTS) is 1. The molecule has 1 N–H and O–H groups in total. The van der Waals surface area contributed by atoms with Gasteiger partial charge in [0.15, 0.2) is 0 Å². The minimum atomic E-state index is -0.666. The van der Waals surface area contributed by atoms with E-state index in [0.29, 0.717) is 18.4 Å². The first kappa shape index (κ1) is 14.8. The lowest BCUT2D eigenvalue weighted by molar-refractivity contribution is -0.138. The van der Waals surface area contributed by atoms with Gasteiger partial charge in [0.05, 0.1) is 6.10 Å². The van der Waals surface area contributed by atoms with Crippen LogP contribution in [0.3, 0.4) is 0 Å². The van der Waals surface area contributed by atoms with Crippen LogP contribution in [0.25, 0.3) is 0 Å². The first-order chi connectivity index (χ1) is 9.15. The first-order valence-electron chi connectivity index (χ1n) is 7.71. The maximum Gasteiger partial charge on any atom is 0.303 e. The third-order valence-corrected chi connectivity index (χ3v) is 4.58. The van der Waals surface area contributed by atoms with Crippen molar-refractivity contribution in [3.8, 4) is 0 Å². The lowest BCUT2D eigenvalue weighted by Gasteiger charge is -2.37. The van der Waals surface area contributed by atoms with E-state index >= 15 is 0 Å². The number of nitrogens with zero attached hydrogens (tertiary/aromatic N) is 1. The molecule has 2 rings (SSSR count). The number of carbonyl (C=O) groups is 1. The molecule has 2 heterocycles. The van der Waals surface area contributed by atoms with Crippen LogP contribution in [0.2, 0.25) is 0 Å². The molecule has 2 aliphatic heterocycles. The van der Waals surface area contributed by atoms with Crippen LogP contribution in [0.5, 0.6) is 0 Å². The van der Waals surface area contributed by atoms with Gasteiger partial charge in [0.25, 0.3) is 0 Å². The fraction of sp³-hybridized carbons (Fsp3) is 0.933. The summed E-state index contributed by atoms with van der Waals surface area (Å²) in [5, 5.41) is 8.91. The summed E-state index contributed by atoms with van der Waals surface area (Å²) < 4.78 is 5.81. The Hall–Kier alpha value is -0.610. The molecule has 0 aliphatic carbocycles. The van der Waals surface area contributed by atoms with Crippen LogP contribution in [0.1, 0.15) is 45.4 Å². The third kappa shape index (κ3) is 4.77. The third-order valence-electron chi connectivity index (χ3n) is 4.58. The molecule has 4 heteroatoms. The summed E-state index contributed by atoms with van der Waals surface area (Å²) in [6, 6.07) is 0. The van der Waals surface area contributed by atoms with Gasteiger partial charge >= 0.3 is 5.97 Å². The minimum absolute atomic E-state index is 0.285. The predicted molar refractivity (Wildman–Crippen MR) is 74.2 cm³/mol. The fourth-order valence-corrected chi connectivity index (χ4v) is 3.40. The summed E-state index contributed by atoms with van der Waals surface area (Å²) in [7, 11) is 0. The normalized spacial score (nSPS) is 31.0. The van der Waals surface area contributed by atoms with Crippen LogP contribution in [0, 0.1) is 11.8 Å². The zero-order chi connectivity index (χ0) is 13.7. The van der Waals surface area contributed by atoms with Crippen molar-refractivity contribution >= 4 is 5.97 Å². The van der Waals surface area contributed by atoms with Gasteiger partial charge in [-0.2, -0.15) is 0 Å². The van der Waals surface area contributed by atoms with Gasteiger partial charge in [0.1, 0.15) is 0 Å². The SMILES string of the molecule is CC(CC(=O)O)C1CCCN(CC2CCCCO2)C1. The zero-order valence-corrected chi connectivity index (χ0v) is 12.0. The molecule has 0 aromatic heterocycles. The minimum Gasteiger partial charge on any atom is -0.481 e. The van der Waals surface area contributed by atoms with E-state index in [4.69, 9.17) is 9.84 Å². The summed E-state index contributed by atoms with van der Waals surface area (Å²) in [5.41, 5.74) is 0. The number of hydrogen-bond acceptors (Lipinski definition) is 3. The van der Waals surface area contributed by atoms with Gasteiger partial charge in [0, 0.05) is 26.1 Å². The summed E-state index contributed by atoms with van der Waals surface area (Å²) in [6.45, 7) is 6.23. The first-order valence-corrected chi connectivity index (χ1v) is 7.71. The highest BCUT2D eigenvalue weighted by atomic mass is 16.5. The van der Waals surface area contributed by atoms with Crippen molar-refractivity contribution in [1.29, 1.82) is 0 Å². The highest BCUT2D eigenvalue weighted by Crippen LogP contribution is 2.27. The molecule has 0 amide bonds. The average Bonchev–Trinajstić information content (AvgIpc) is 2.39. The van der Waals surface area contributed by atoms with Crippen molar-refractivity contribution in [2.75, 3.05) is 26.2 Å². The summed E-state index contributed by atoms with van der Waals surface area (Å²) in [4.78, 5) is 13.3. The Labute approximate surface area is 116 Å². The second-order valence-corrected chi connectivity index (χ2v) is 6.23. The number of hydrogen-bond donors (Lipinski definition) is 1. The molecule has 0 saturated carbocycles. The van der Waals surface area contributed by atoms with Crippen molar-refractivity contribution in [1.82, 2.24) is 4.90 Å². The molecule has 0 bridgehead atoms. The second kappa shape index (κ2) is 7.25. The van der Waals surface area contributed by atoms with Crippen LogP contribution in [-0.4, -0.2) is 48.3 Å². The maximum absolute atomic E-state index is 10.8. The van der Waals surface area contributed by atoms with Gasteiger partial charge in [-0.15, -0.1) is 0 Å². The van der Waals surface area contributed by atoms with Gasteiger partial charge in [-0.3, -0.25) is 4.79 Å². The van der Waals surface area contributed by atoms with Crippen molar-refractivity contribution in [2.45, 2.75) is 51.6 Å². The Bertz CT molecular complexity index is 289. The molecule has 2 saturated heterocycles. The number of piperidine rings is 1. The average molecular weight is 269 g/mol. The van der Waals surface area contributed by atoms with E-state index in [2.05, 4.69) is 11.8 Å². The Morgan fingerprint density at radius 3 is 2.89 bits per heavy atom. The number of carboxylic acids is 1. The van der Waals surface area contributed by atoms with Crippen LogP contribution in [0.4, 0.5) is 0 Å². The lowest BCUT2D eigenvalue weighted by atomic mass is 9.84. The highest BCUT2D eigenvalue weighted by molar-refractivity contribution is 5.66. The Morgan fingerprint density at radius 1 is 1.37 bits per heavy atom. The molecule has 2 aliphatic rings. The molecular formula is C15H27NO3. The van der Waals surface area contributed by atoms with E-state index in [9.17, 15) is 4.79 Å². The second-order valence-electron chi connectivity index (χ2n) is 6.23. The van der Waals surface area contributed by atoms with Crippen molar-refractivity contribution < 1.29 is 14.6 Å². The summed E-state index contributed by atoms with van der Waals surface area (Å²) >= 11 is 0.